The van der Waals surface area contributed by atoms with E-state index in [0.717, 1.165) is 51.7 Å². The lowest BCUT2D eigenvalue weighted by atomic mass is 9.93. The van der Waals surface area contributed by atoms with Crippen LogP contribution in [-0.4, -0.2) is 31.2 Å². The maximum Gasteiger partial charge on any atom is 0.267 e. The molecule has 0 spiro atoms. The van der Waals surface area contributed by atoms with Gasteiger partial charge in [0.15, 0.2) is 0 Å². The first-order valence-corrected chi connectivity index (χ1v) is 11.4. The smallest absolute Gasteiger partial charge is 0.267 e. The van der Waals surface area contributed by atoms with E-state index in [-0.39, 0.29) is 11.3 Å². The van der Waals surface area contributed by atoms with E-state index in [2.05, 4.69) is 66.4 Å². The van der Waals surface area contributed by atoms with Crippen LogP contribution in [0.3, 0.4) is 0 Å². The second kappa shape index (κ2) is 8.52. The lowest BCUT2D eigenvalue weighted by molar-refractivity contribution is 0.0930. The summed E-state index contributed by atoms with van der Waals surface area (Å²) in [5.41, 5.74) is 6.35. The van der Waals surface area contributed by atoms with Crippen molar-refractivity contribution in [3.05, 3.63) is 52.5 Å². The third kappa shape index (κ3) is 4.27. The van der Waals surface area contributed by atoms with Crippen molar-refractivity contribution in [1.29, 1.82) is 0 Å². The molecule has 0 atom stereocenters. The van der Waals surface area contributed by atoms with Crippen molar-refractivity contribution in [2.75, 3.05) is 20.8 Å². The summed E-state index contributed by atoms with van der Waals surface area (Å²) in [6.07, 6.45) is 0.851. The van der Waals surface area contributed by atoms with Crippen molar-refractivity contribution in [3.63, 3.8) is 0 Å². The molecule has 3 heterocycles. The fourth-order valence-electron chi connectivity index (χ4n) is 4.10. The number of aryl methyl sites for hydroxylation is 1. The van der Waals surface area contributed by atoms with Gasteiger partial charge in [0.1, 0.15) is 11.4 Å². The Morgan fingerprint density at radius 3 is 2.65 bits per heavy atom. The summed E-state index contributed by atoms with van der Waals surface area (Å²) in [5, 5.41) is 5.20. The molecule has 0 radical (unpaired) electrons. The van der Waals surface area contributed by atoms with Crippen molar-refractivity contribution in [3.8, 4) is 27.4 Å². The summed E-state index contributed by atoms with van der Waals surface area (Å²) >= 11 is 1.69. The normalized spacial score (nSPS) is 12.9. The fourth-order valence-corrected chi connectivity index (χ4v) is 4.84. The number of benzene rings is 1. The fraction of sp³-hybridized carbons (Fsp3) is 0.400. The number of fused-ring (bicyclic) bond motifs is 3. The molecule has 6 heteroatoms. The largest absolute Gasteiger partial charge is 0.496 e. The van der Waals surface area contributed by atoms with Crippen molar-refractivity contribution >= 4 is 17.2 Å². The molecule has 5 nitrogen and oxygen atoms in total. The Balaban J connectivity index is 1.86. The summed E-state index contributed by atoms with van der Waals surface area (Å²) < 4.78 is 13.2. The number of methoxy groups -OCH3 is 2. The molecule has 1 aliphatic rings. The monoisotopic (exact) mass is 438 g/mol. The minimum Gasteiger partial charge on any atom is -0.496 e. The van der Waals surface area contributed by atoms with Crippen LogP contribution in [0.15, 0.2) is 35.7 Å². The number of rotatable bonds is 6. The van der Waals surface area contributed by atoms with E-state index in [1.807, 2.05) is 0 Å². The van der Waals surface area contributed by atoms with Gasteiger partial charge in [-0.25, -0.2) is 0 Å². The molecule has 31 heavy (non-hydrogen) atoms. The Bertz CT molecular complexity index is 1090. The van der Waals surface area contributed by atoms with Crippen molar-refractivity contribution in [1.82, 2.24) is 9.88 Å². The number of nitrogens with zero attached hydrogens (tertiary/aromatic N) is 1. The predicted molar refractivity (Wildman–Crippen MR) is 126 cm³/mol. The Hall–Kier alpha value is -2.57. The average molecular weight is 439 g/mol. The molecule has 0 bridgehead atoms. The highest BCUT2D eigenvalue weighted by Gasteiger charge is 2.28. The highest BCUT2D eigenvalue weighted by molar-refractivity contribution is 7.13. The van der Waals surface area contributed by atoms with E-state index in [9.17, 15) is 4.79 Å². The van der Waals surface area contributed by atoms with Crippen LogP contribution in [0.5, 0.6) is 5.75 Å². The highest BCUT2D eigenvalue weighted by Crippen LogP contribution is 2.43. The zero-order valence-electron chi connectivity index (χ0n) is 18.9. The molecular formula is C25H30N2O3S. The standard InChI is InChI=1S/C25H30N2O3S/c1-25(2,3)15-26-24(28)20-13-19(22-7-6-10-31-22)23-18-11-17(14-29-4)21(30-5)12-16(18)8-9-27(20)23/h6-7,10-13H,8-9,14-15H2,1-5H3,(H,26,28). The molecule has 0 fully saturated rings. The maximum atomic E-state index is 13.2. The van der Waals surface area contributed by atoms with E-state index in [4.69, 9.17) is 9.47 Å². The number of hydrogen-bond acceptors (Lipinski definition) is 4. The number of carbonyl (C=O) groups excluding carboxylic acids is 1. The van der Waals surface area contributed by atoms with Gasteiger partial charge in [-0.3, -0.25) is 4.79 Å². The summed E-state index contributed by atoms with van der Waals surface area (Å²) in [6, 6.07) is 10.5. The zero-order valence-corrected chi connectivity index (χ0v) is 19.7. The summed E-state index contributed by atoms with van der Waals surface area (Å²) in [7, 11) is 3.39. The topological polar surface area (TPSA) is 52.5 Å². The van der Waals surface area contributed by atoms with Gasteiger partial charge in [0, 0.05) is 41.8 Å². The molecule has 164 valence electrons. The average Bonchev–Trinajstić information content (AvgIpc) is 3.39. The lowest BCUT2D eigenvalue weighted by Crippen LogP contribution is -2.33. The molecule has 1 aromatic carbocycles. The van der Waals surface area contributed by atoms with Crippen LogP contribution in [-0.2, 0) is 24.3 Å². The number of nitrogens with one attached hydrogen (secondary N) is 1. The first kappa shape index (κ1) is 21.7. The highest BCUT2D eigenvalue weighted by atomic mass is 32.1. The first-order valence-electron chi connectivity index (χ1n) is 10.6. The molecule has 1 N–H and O–H groups in total. The second-order valence-electron chi connectivity index (χ2n) is 9.17. The quantitative estimate of drug-likeness (QED) is 0.563. The SMILES string of the molecule is COCc1cc2c(cc1OC)CCn1c(C(=O)NCC(C)(C)C)cc(-c3cccs3)c1-2. The van der Waals surface area contributed by atoms with Gasteiger partial charge in [-0.1, -0.05) is 26.8 Å². The lowest BCUT2D eigenvalue weighted by Gasteiger charge is -2.25. The van der Waals surface area contributed by atoms with Crippen LogP contribution < -0.4 is 10.1 Å². The van der Waals surface area contributed by atoms with Gasteiger partial charge in [0.05, 0.1) is 19.4 Å². The molecule has 0 saturated carbocycles. The van der Waals surface area contributed by atoms with Gasteiger partial charge in [-0.2, -0.15) is 0 Å². The molecule has 1 amide bonds. The molecule has 3 aromatic rings. The number of aromatic nitrogens is 1. The van der Waals surface area contributed by atoms with Gasteiger partial charge in [-0.05, 0) is 47.0 Å². The number of carbonyl (C=O) groups is 1. The van der Waals surface area contributed by atoms with Gasteiger partial charge in [0.2, 0.25) is 0 Å². The Morgan fingerprint density at radius 2 is 2.00 bits per heavy atom. The molecule has 0 unspecified atom stereocenters. The third-order valence-corrected chi connectivity index (χ3v) is 6.46. The summed E-state index contributed by atoms with van der Waals surface area (Å²) in [6.45, 7) is 8.24. The van der Waals surface area contributed by atoms with Crippen LogP contribution in [0.1, 0.15) is 42.4 Å². The van der Waals surface area contributed by atoms with E-state index < -0.39 is 0 Å². The number of ether oxygens (including phenoxy) is 2. The number of hydrogen-bond donors (Lipinski definition) is 1. The van der Waals surface area contributed by atoms with Gasteiger partial charge >= 0.3 is 0 Å². The number of amides is 1. The van der Waals surface area contributed by atoms with E-state index in [1.54, 1.807) is 25.6 Å². The van der Waals surface area contributed by atoms with E-state index >= 15 is 0 Å². The van der Waals surface area contributed by atoms with Crippen LogP contribution in [0.25, 0.3) is 21.7 Å². The van der Waals surface area contributed by atoms with Crippen molar-refractivity contribution < 1.29 is 14.3 Å². The van der Waals surface area contributed by atoms with Gasteiger partial charge in [-0.15, -0.1) is 11.3 Å². The second-order valence-corrected chi connectivity index (χ2v) is 10.1. The Morgan fingerprint density at radius 1 is 1.19 bits per heavy atom. The molecule has 4 rings (SSSR count). The Kier molecular flexibility index (Phi) is 5.95. The van der Waals surface area contributed by atoms with Crippen LogP contribution in [0, 0.1) is 5.41 Å². The molecule has 1 aliphatic heterocycles. The van der Waals surface area contributed by atoms with Crippen molar-refractivity contribution in [2.24, 2.45) is 5.41 Å². The minimum absolute atomic E-state index is 0.0203. The molecule has 2 aromatic heterocycles. The zero-order chi connectivity index (χ0) is 22.2. The van der Waals surface area contributed by atoms with Crippen LogP contribution in [0.2, 0.25) is 0 Å². The third-order valence-electron chi connectivity index (χ3n) is 5.56. The summed E-state index contributed by atoms with van der Waals surface area (Å²) in [5.74, 6) is 0.828. The molecule has 0 aliphatic carbocycles. The maximum absolute atomic E-state index is 13.2. The van der Waals surface area contributed by atoms with Gasteiger partial charge in [0.25, 0.3) is 5.91 Å². The molecular weight excluding hydrogens is 408 g/mol. The summed E-state index contributed by atoms with van der Waals surface area (Å²) in [4.78, 5) is 14.3. The van der Waals surface area contributed by atoms with Gasteiger partial charge < -0.3 is 19.4 Å². The van der Waals surface area contributed by atoms with Crippen LogP contribution in [0.4, 0.5) is 0 Å². The minimum atomic E-state index is -0.0203. The Labute approximate surface area is 188 Å². The van der Waals surface area contributed by atoms with Crippen molar-refractivity contribution in [2.45, 2.75) is 40.3 Å². The number of thiophene rings is 1. The van der Waals surface area contributed by atoms with Crippen LogP contribution >= 0.6 is 11.3 Å². The predicted octanol–water partition coefficient (Wildman–Crippen LogP) is 5.37. The van der Waals surface area contributed by atoms with E-state index in [1.165, 1.54) is 5.56 Å². The molecule has 0 saturated heterocycles. The first-order chi connectivity index (χ1) is 14.8. The van der Waals surface area contributed by atoms with E-state index in [0.29, 0.717) is 13.2 Å².